The minimum Gasteiger partial charge on any atom is -0.273 e. The molecule has 0 aliphatic carbocycles. The first-order chi connectivity index (χ1) is 4.06. The summed E-state index contributed by atoms with van der Waals surface area (Å²) < 4.78 is 29.4. The fourth-order valence-electron chi connectivity index (χ4n) is 0.236. The molecule has 52 valence electrons. The number of hydrogen-bond acceptors (Lipinski definition) is 3. The van der Waals surface area contributed by atoms with Crippen molar-refractivity contribution in [2.24, 2.45) is 0 Å². The average Bonchev–Trinajstić information content (AvgIpc) is 1.63. The highest BCUT2D eigenvalue weighted by Gasteiger charge is 1.98. The summed E-state index contributed by atoms with van der Waals surface area (Å²) in [6, 6.07) is 1.70. The molecule has 0 saturated heterocycles. The molecule has 0 saturated carbocycles. The number of nitriles is 1. The van der Waals surface area contributed by atoms with Crippen molar-refractivity contribution < 1.29 is 13.0 Å². The summed E-state index contributed by atoms with van der Waals surface area (Å²) in [5, 5.41) is 7.90. The standard InChI is InChI=1S/C3H6N2O3S/c4-2-1-3-5-9(6,7)8/h5H,1,3H2,(H,6,7,8). The van der Waals surface area contributed by atoms with Gasteiger partial charge in [0.1, 0.15) is 0 Å². The van der Waals surface area contributed by atoms with E-state index in [2.05, 4.69) is 0 Å². The fraction of sp³-hybridized carbons (Fsp3) is 0.667. The van der Waals surface area contributed by atoms with Crippen molar-refractivity contribution >= 4 is 10.3 Å². The number of nitrogens with one attached hydrogen (secondary N) is 1. The van der Waals surface area contributed by atoms with Gasteiger partial charge in [-0.05, 0) is 0 Å². The average molecular weight is 150 g/mol. The SMILES string of the molecule is N#CCCNS(=O)(=O)O. The first-order valence-corrected chi connectivity index (χ1v) is 3.59. The van der Waals surface area contributed by atoms with Crippen LogP contribution in [0.3, 0.4) is 0 Å². The third kappa shape index (κ3) is 7.36. The molecule has 2 N–H and O–H groups in total. The first-order valence-electron chi connectivity index (χ1n) is 2.15. The summed E-state index contributed by atoms with van der Waals surface area (Å²) in [6.45, 7) is -0.0463. The summed E-state index contributed by atoms with van der Waals surface area (Å²) in [5.74, 6) is 0. The van der Waals surface area contributed by atoms with E-state index in [-0.39, 0.29) is 13.0 Å². The van der Waals surface area contributed by atoms with Gasteiger partial charge in [0.2, 0.25) is 0 Å². The van der Waals surface area contributed by atoms with Crippen LogP contribution in [0.5, 0.6) is 0 Å². The van der Waals surface area contributed by atoms with Crippen molar-refractivity contribution in [1.82, 2.24) is 4.72 Å². The quantitative estimate of drug-likeness (QED) is 0.411. The van der Waals surface area contributed by atoms with E-state index in [1.54, 1.807) is 10.8 Å². The van der Waals surface area contributed by atoms with Crippen LogP contribution in [0.1, 0.15) is 6.42 Å². The second-order valence-electron chi connectivity index (χ2n) is 1.28. The fourth-order valence-corrected chi connectivity index (χ4v) is 0.596. The van der Waals surface area contributed by atoms with Crippen molar-refractivity contribution in [1.29, 1.82) is 5.26 Å². The van der Waals surface area contributed by atoms with Gasteiger partial charge in [0, 0.05) is 13.0 Å². The van der Waals surface area contributed by atoms with E-state index in [9.17, 15) is 8.42 Å². The molecule has 0 aromatic carbocycles. The third-order valence-electron chi connectivity index (χ3n) is 0.521. The maximum atomic E-state index is 9.84. The molecule has 0 spiro atoms. The Kier molecular flexibility index (Phi) is 3.16. The lowest BCUT2D eigenvalue weighted by Gasteiger charge is -1.92. The predicted octanol–water partition coefficient (Wildman–Crippen LogP) is -0.708. The van der Waals surface area contributed by atoms with Gasteiger partial charge in [-0.25, -0.2) is 0 Å². The highest BCUT2D eigenvalue weighted by molar-refractivity contribution is 7.83. The zero-order chi connectivity index (χ0) is 7.33. The van der Waals surface area contributed by atoms with Crippen LogP contribution in [0.25, 0.3) is 0 Å². The van der Waals surface area contributed by atoms with Gasteiger partial charge in [-0.2, -0.15) is 18.4 Å². The van der Waals surface area contributed by atoms with E-state index in [1.807, 2.05) is 0 Å². The Hall–Kier alpha value is -0.640. The third-order valence-corrected chi connectivity index (χ3v) is 1.09. The monoisotopic (exact) mass is 150 g/mol. The second kappa shape index (κ2) is 3.40. The molecule has 9 heavy (non-hydrogen) atoms. The largest absolute Gasteiger partial charge is 0.333 e. The van der Waals surface area contributed by atoms with Gasteiger partial charge in [0.15, 0.2) is 0 Å². The summed E-state index contributed by atoms with van der Waals surface area (Å²) >= 11 is 0. The number of rotatable bonds is 3. The highest BCUT2D eigenvalue weighted by atomic mass is 32.2. The van der Waals surface area contributed by atoms with Crippen LogP contribution in [-0.4, -0.2) is 19.5 Å². The molecular formula is C3H6N2O3S. The van der Waals surface area contributed by atoms with Crippen LogP contribution < -0.4 is 4.72 Å². The van der Waals surface area contributed by atoms with E-state index >= 15 is 0 Å². The first kappa shape index (κ1) is 8.36. The van der Waals surface area contributed by atoms with Gasteiger partial charge in [-0.3, -0.25) is 4.55 Å². The molecule has 0 aliphatic heterocycles. The topological polar surface area (TPSA) is 90.2 Å². The van der Waals surface area contributed by atoms with Crippen LogP contribution in [-0.2, 0) is 10.3 Å². The van der Waals surface area contributed by atoms with Crippen LogP contribution in [0.15, 0.2) is 0 Å². The summed E-state index contributed by atoms with van der Waals surface area (Å²) in [7, 11) is -4.10. The molecule has 0 unspecified atom stereocenters. The Bertz CT molecular complexity index is 202. The zero-order valence-corrected chi connectivity index (χ0v) is 5.35. The molecule has 0 fully saturated rings. The maximum Gasteiger partial charge on any atom is 0.333 e. The van der Waals surface area contributed by atoms with E-state index in [0.717, 1.165) is 0 Å². The normalized spacial score (nSPS) is 10.7. The van der Waals surface area contributed by atoms with Gasteiger partial charge in [-0.1, -0.05) is 0 Å². The minimum atomic E-state index is -4.10. The number of nitrogens with zero attached hydrogens (tertiary/aromatic N) is 1. The lowest BCUT2D eigenvalue weighted by Crippen LogP contribution is -2.23. The smallest absolute Gasteiger partial charge is 0.273 e. The van der Waals surface area contributed by atoms with Gasteiger partial charge in [0.25, 0.3) is 0 Å². The molecule has 0 heterocycles. The van der Waals surface area contributed by atoms with Crippen molar-refractivity contribution in [3.8, 4) is 6.07 Å². The molecule has 0 aliphatic rings. The Labute approximate surface area is 53.2 Å². The Morgan fingerprint density at radius 1 is 1.67 bits per heavy atom. The summed E-state index contributed by atoms with van der Waals surface area (Å²) in [4.78, 5) is 0. The van der Waals surface area contributed by atoms with Crippen molar-refractivity contribution in [2.45, 2.75) is 6.42 Å². The molecule has 5 nitrogen and oxygen atoms in total. The predicted molar refractivity (Wildman–Crippen MR) is 29.8 cm³/mol. The Balaban J connectivity index is 3.44. The molecule has 0 amide bonds. The molecule has 6 heteroatoms. The Morgan fingerprint density at radius 3 is 2.56 bits per heavy atom. The van der Waals surface area contributed by atoms with Crippen molar-refractivity contribution in [3.63, 3.8) is 0 Å². The molecule has 0 rings (SSSR count). The van der Waals surface area contributed by atoms with Crippen molar-refractivity contribution in [3.05, 3.63) is 0 Å². The van der Waals surface area contributed by atoms with Crippen LogP contribution in [0.2, 0.25) is 0 Å². The Morgan fingerprint density at radius 2 is 2.22 bits per heavy atom. The van der Waals surface area contributed by atoms with Crippen LogP contribution >= 0.6 is 0 Å². The van der Waals surface area contributed by atoms with Gasteiger partial charge in [0.05, 0.1) is 6.07 Å². The van der Waals surface area contributed by atoms with Gasteiger partial charge >= 0.3 is 10.3 Å². The van der Waals surface area contributed by atoms with E-state index < -0.39 is 10.3 Å². The summed E-state index contributed by atoms with van der Waals surface area (Å²) in [5.41, 5.74) is 0. The maximum absolute atomic E-state index is 9.84. The lowest BCUT2D eigenvalue weighted by molar-refractivity contribution is 0.468. The van der Waals surface area contributed by atoms with Crippen LogP contribution in [0.4, 0.5) is 0 Å². The summed E-state index contributed by atoms with van der Waals surface area (Å²) in [6.07, 6.45) is 0.0553. The molecule has 0 aromatic rings. The lowest BCUT2D eigenvalue weighted by atomic mass is 10.5. The van der Waals surface area contributed by atoms with Gasteiger partial charge < -0.3 is 0 Å². The second-order valence-corrected chi connectivity index (χ2v) is 2.52. The van der Waals surface area contributed by atoms with Crippen molar-refractivity contribution in [2.75, 3.05) is 6.54 Å². The molecular weight excluding hydrogens is 144 g/mol. The highest BCUT2D eigenvalue weighted by Crippen LogP contribution is 1.74. The molecule has 0 radical (unpaired) electrons. The zero-order valence-electron chi connectivity index (χ0n) is 4.53. The van der Waals surface area contributed by atoms with E-state index in [4.69, 9.17) is 9.81 Å². The number of hydrogen-bond donors (Lipinski definition) is 2. The van der Waals surface area contributed by atoms with Gasteiger partial charge in [-0.15, -0.1) is 0 Å². The molecule has 0 aromatic heterocycles. The molecule has 0 atom stereocenters. The molecule has 0 bridgehead atoms. The van der Waals surface area contributed by atoms with Crippen LogP contribution in [0, 0.1) is 11.3 Å². The van der Waals surface area contributed by atoms with E-state index in [1.165, 1.54) is 0 Å². The van der Waals surface area contributed by atoms with E-state index in [0.29, 0.717) is 0 Å². The minimum absolute atomic E-state index is 0.0463.